The quantitative estimate of drug-likeness (QED) is 0.808. The van der Waals surface area contributed by atoms with Crippen LogP contribution in [0, 0.1) is 5.92 Å². The van der Waals surface area contributed by atoms with Crippen molar-refractivity contribution in [2.45, 2.75) is 50.2 Å². The van der Waals surface area contributed by atoms with Crippen LogP contribution in [0.25, 0.3) is 0 Å². The van der Waals surface area contributed by atoms with Crippen molar-refractivity contribution in [1.29, 1.82) is 0 Å². The van der Waals surface area contributed by atoms with Crippen LogP contribution < -0.4 is 5.32 Å². The lowest BCUT2D eigenvalue weighted by Gasteiger charge is -2.53. The molecule has 0 unspecified atom stereocenters. The van der Waals surface area contributed by atoms with E-state index in [1.54, 1.807) is 9.80 Å². The summed E-state index contributed by atoms with van der Waals surface area (Å²) in [7, 11) is 1.53. The van der Waals surface area contributed by atoms with E-state index >= 15 is 0 Å². The molecule has 1 spiro atoms. The first-order valence-corrected chi connectivity index (χ1v) is 10.1. The maximum absolute atomic E-state index is 13.2. The Bertz CT molecular complexity index is 792. The van der Waals surface area contributed by atoms with Gasteiger partial charge in [-0.25, -0.2) is 4.79 Å². The third-order valence-electron chi connectivity index (χ3n) is 6.46. The molecule has 1 aromatic heterocycles. The Balaban J connectivity index is 1.29. The minimum atomic E-state index is -4.40. The van der Waals surface area contributed by atoms with Crippen LogP contribution in [0.1, 0.15) is 43.4 Å². The fourth-order valence-corrected chi connectivity index (χ4v) is 4.81. The summed E-state index contributed by atoms with van der Waals surface area (Å²) >= 11 is 0. The number of rotatable bonds is 2. The van der Waals surface area contributed by atoms with Gasteiger partial charge in [-0.2, -0.15) is 18.3 Å². The Labute approximate surface area is 167 Å². The van der Waals surface area contributed by atoms with E-state index < -0.39 is 11.7 Å². The van der Waals surface area contributed by atoms with Crippen LogP contribution in [0.15, 0.2) is 6.20 Å². The van der Waals surface area contributed by atoms with Crippen LogP contribution in [0.4, 0.5) is 18.0 Å². The molecule has 3 aliphatic heterocycles. The number of carbonyl (C=O) groups is 2. The van der Waals surface area contributed by atoms with Crippen molar-refractivity contribution in [2.75, 3.05) is 26.2 Å². The molecule has 1 N–H and O–H groups in total. The average molecular weight is 413 g/mol. The molecule has 1 aromatic rings. The zero-order chi connectivity index (χ0) is 20.8. The van der Waals surface area contributed by atoms with Crippen molar-refractivity contribution >= 4 is 11.9 Å². The van der Waals surface area contributed by atoms with E-state index in [0.717, 1.165) is 19.0 Å². The minimum Gasteiger partial charge on any atom is -0.347 e. The molecule has 0 aromatic carbocycles. The molecule has 3 aliphatic rings. The molecule has 7 nitrogen and oxygen atoms in total. The summed E-state index contributed by atoms with van der Waals surface area (Å²) in [6.45, 7) is 2.17. The molecule has 0 saturated carbocycles. The fourth-order valence-electron chi connectivity index (χ4n) is 4.81. The van der Waals surface area contributed by atoms with E-state index in [-0.39, 0.29) is 29.1 Å². The lowest BCUT2D eigenvalue weighted by molar-refractivity contribution is -0.138. The molecule has 0 aliphatic carbocycles. The summed E-state index contributed by atoms with van der Waals surface area (Å²) in [5.74, 6) is 0.147. The number of nitrogens with zero attached hydrogens (tertiary/aromatic N) is 4. The smallest absolute Gasteiger partial charge is 0.347 e. The number of urea groups is 1. The number of hydrogen-bond donors (Lipinski definition) is 1. The summed E-state index contributed by atoms with van der Waals surface area (Å²) in [5.41, 5.74) is -0.712. The molecular formula is C19H26F3N5O2. The van der Waals surface area contributed by atoms with Crippen molar-refractivity contribution in [3.63, 3.8) is 0 Å². The van der Waals surface area contributed by atoms with Crippen molar-refractivity contribution in [1.82, 2.24) is 24.9 Å². The van der Waals surface area contributed by atoms with Gasteiger partial charge < -0.3 is 15.1 Å². The van der Waals surface area contributed by atoms with Gasteiger partial charge in [0.1, 0.15) is 0 Å². The zero-order valence-electron chi connectivity index (χ0n) is 16.5. The maximum Gasteiger partial charge on any atom is 0.419 e. The maximum atomic E-state index is 13.2. The molecule has 3 fully saturated rings. The molecule has 29 heavy (non-hydrogen) atoms. The Morgan fingerprint density at radius 3 is 2.59 bits per heavy atom. The third-order valence-corrected chi connectivity index (χ3v) is 6.46. The fraction of sp³-hybridized carbons (Fsp3) is 0.737. The SMILES string of the molecule is Cn1ncc(C(F)(F)F)c1CC1CCN(C(=O)N2CC3(CCCC(=O)N3)C2)CC1. The highest BCUT2D eigenvalue weighted by atomic mass is 19.4. The van der Waals surface area contributed by atoms with E-state index in [2.05, 4.69) is 10.4 Å². The van der Waals surface area contributed by atoms with Crippen LogP contribution >= 0.6 is 0 Å². The van der Waals surface area contributed by atoms with Gasteiger partial charge in [-0.05, 0) is 38.0 Å². The van der Waals surface area contributed by atoms with Gasteiger partial charge in [0.05, 0.1) is 23.0 Å². The number of nitrogens with one attached hydrogen (secondary N) is 1. The van der Waals surface area contributed by atoms with Crippen molar-refractivity contribution in [2.24, 2.45) is 13.0 Å². The molecule has 0 radical (unpaired) electrons. The highest BCUT2D eigenvalue weighted by Crippen LogP contribution is 2.35. The van der Waals surface area contributed by atoms with Gasteiger partial charge in [-0.15, -0.1) is 0 Å². The van der Waals surface area contributed by atoms with Crippen LogP contribution in [0.3, 0.4) is 0 Å². The zero-order valence-corrected chi connectivity index (χ0v) is 16.5. The second kappa shape index (κ2) is 7.21. The van der Waals surface area contributed by atoms with Gasteiger partial charge in [-0.3, -0.25) is 9.48 Å². The molecule has 160 valence electrons. The van der Waals surface area contributed by atoms with Crippen molar-refractivity contribution < 1.29 is 22.8 Å². The summed E-state index contributed by atoms with van der Waals surface area (Å²) in [5, 5.41) is 6.80. The normalized spacial score (nSPS) is 22.6. The molecule has 4 heterocycles. The Kier molecular flexibility index (Phi) is 4.98. The highest BCUT2D eigenvalue weighted by Gasteiger charge is 2.48. The standard InChI is InChI=1S/C19H26F3N5O2/c1-25-15(14(10-23-25)19(20,21)22)9-13-4-7-26(8-5-13)17(29)27-11-18(12-27)6-2-3-16(28)24-18/h10,13H,2-9,11-12H2,1H3,(H,24,28). The number of carbonyl (C=O) groups excluding carboxylic acids is 2. The van der Waals surface area contributed by atoms with Gasteiger partial charge in [-0.1, -0.05) is 0 Å². The summed E-state index contributed by atoms with van der Waals surface area (Å²) in [6, 6.07) is -0.0367. The van der Waals surface area contributed by atoms with Crippen LogP contribution in [-0.4, -0.2) is 63.2 Å². The molecule has 0 atom stereocenters. The van der Waals surface area contributed by atoms with Gasteiger partial charge in [0.2, 0.25) is 5.91 Å². The van der Waals surface area contributed by atoms with Crippen LogP contribution in [0.2, 0.25) is 0 Å². The Morgan fingerprint density at radius 1 is 1.28 bits per heavy atom. The van der Waals surface area contributed by atoms with Gasteiger partial charge in [0, 0.05) is 39.6 Å². The number of aryl methyl sites for hydroxylation is 1. The van der Waals surface area contributed by atoms with Crippen LogP contribution in [0.5, 0.6) is 0 Å². The minimum absolute atomic E-state index is 0.0367. The number of amides is 3. The summed E-state index contributed by atoms with van der Waals surface area (Å²) in [4.78, 5) is 27.9. The third kappa shape index (κ3) is 3.93. The van der Waals surface area contributed by atoms with Gasteiger partial charge in [0.15, 0.2) is 0 Å². The first-order valence-electron chi connectivity index (χ1n) is 10.1. The number of aromatic nitrogens is 2. The number of alkyl halides is 3. The van der Waals surface area contributed by atoms with Crippen LogP contribution in [-0.2, 0) is 24.4 Å². The van der Waals surface area contributed by atoms with E-state index in [4.69, 9.17) is 0 Å². The Hall–Kier alpha value is -2.26. The second-order valence-corrected chi connectivity index (χ2v) is 8.58. The first-order chi connectivity index (χ1) is 13.7. The topological polar surface area (TPSA) is 70.5 Å². The average Bonchev–Trinajstić information content (AvgIpc) is 3.00. The number of hydrogen-bond acceptors (Lipinski definition) is 3. The van der Waals surface area contributed by atoms with Gasteiger partial charge in [0.25, 0.3) is 0 Å². The number of piperidine rings is 2. The first kappa shape index (κ1) is 20.0. The predicted molar refractivity (Wildman–Crippen MR) is 97.9 cm³/mol. The molecular weight excluding hydrogens is 387 g/mol. The molecule has 3 amide bonds. The largest absolute Gasteiger partial charge is 0.419 e. The summed E-state index contributed by atoms with van der Waals surface area (Å²) < 4.78 is 40.8. The molecule has 3 saturated heterocycles. The number of halogens is 3. The van der Waals surface area contributed by atoms with E-state index in [9.17, 15) is 22.8 Å². The van der Waals surface area contributed by atoms with E-state index in [0.29, 0.717) is 51.9 Å². The summed E-state index contributed by atoms with van der Waals surface area (Å²) in [6.07, 6.45) is 0.444. The Morgan fingerprint density at radius 2 is 1.97 bits per heavy atom. The highest BCUT2D eigenvalue weighted by molar-refractivity contribution is 5.80. The van der Waals surface area contributed by atoms with E-state index in [1.165, 1.54) is 11.7 Å². The number of likely N-dealkylation sites (tertiary alicyclic amines) is 2. The molecule has 0 bridgehead atoms. The second-order valence-electron chi connectivity index (χ2n) is 8.58. The molecule has 4 rings (SSSR count). The van der Waals surface area contributed by atoms with Crippen molar-refractivity contribution in [3.05, 3.63) is 17.5 Å². The van der Waals surface area contributed by atoms with Gasteiger partial charge >= 0.3 is 12.2 Å². The molecule has 10 heteroatoms. The lowest BCUT2D eigenvalue weighted by Crippen LogP contribution is -2.73. The lowest BCUT2D eigenvalue weighted by atomic mass is 9.81. The monoisotopic (exact) mass is 413 g/mol. The van der Waals surface area contributed by atoms with E-state index in [1.807, 2.05) is 0 Å². The predicted octanol–water partition coefficient (Wildman–Crippen LogP) is 2.17. The van der Waals surface area contributed by atoms with Crippen molar-refractivity contribution in [3.8, 4) is 0 Å².